The number of carbonyl (C=O) groups excluding carboxylic acids is 3. The Bertz CT molecular complexity index is 1770. The number of aromatic nitrogens is 1. The van der Waals surface area contributed by atoms with Gasteiger partial charge in [-0.05, 0) is 48.5 Å². The highest BCUT2D eigenvalue weighted by molar-refractivity contribution is 6.34. The number of anilines is 2. The van der Waals surface area contributed by atoms with Crippen LogP contribution in [-0.2, 0) is 0 Å². The number of imide groups is 1. The highest BCUT2D eigenvalue weighted by Gasteiger charge is 2.36. The van der Waals surface area contributed by atoms with Gasteiger partial charge in [0.1, 0.15) is 5.52 Å². The Morgan fingerprint density at radius 2 is 1.53 bits per heavy atom. The summed E-state index contributed by atoms with van der Waals surface area (Å²) in [4.78, 5) is 55.0. The molecule has 0 spiro atoms. The van der Waals surface area contributed by atoms with Gasteiger partial charge < -0.3 is 9.73 Å². The van der Waals surface area contributed by atoms with E-state index in [1.54, 1.807) is 66.7 Å². The summed E-state index contributed by atoms with van der Waals surface area (Å²) in [5, 5.41) is 13.9. The van der Waals surface area contributed by atoms with Gasteiger partial charge in [-0.2, -0.15) is 0 Å². The molecule has 0 unspecified atom stereocenters. The summed E-state index contributed by atoms with van der Waals surface area (Å²) in [7, 11) is 0. The quantitative estimate of drug-likeness (QED) is 0.191. The first-order valence-electron chi connectivity index (χ1n) is 11.4. The molecule has 1 N–H and O–H groups in total. The van der Waals surface area contributed by atoms with Crippen molar-refractivity contribution < 1.29 is 23.7 Å². The number of nitrogens with one attached hydrogen (secondary N) is 1. The number of para-hydroxylation sites is 1. The Morgan fingerprint density at radius 1 is 0.842 bits per heavy atom. The Balaban J connectivity index is 1.29. The average molecular weight is 504 g/mol. The van der Waals surface area contributed by atoms with Gasteiger partial charge in [0, 0.05) is 11.6 Å². The molecule has 1 aliphatic rings. The summed E-state index contributed by atoms with van der Waals surface area (Å²) in [5.74, 6) is -1.21. The van der Waals surface area contributed by atoms with E-state index in [4.69, 9.17) is 4.42 Å². The number of fused-ring (bicyclic) bond motifs is 2. The number of amides is 3. The number of non-ortho nitro benzene ring substituents is 1. The molecule has 0 bridgehead atoms. The third-order valence-corrected chi connectivity index (χ3v) is 6.15. The maximum atomic E-state index is 13.2. The second-order valence-corrected chi connectivity index (χ2v) is 8.47. The van der Waals surface area contributed by atoms with Crippen LogP contribution in [-0.4, -0.2) is 27.6 Å². The molecule has 0 saturated heterocycles. The Hall–Kier alpha value is -5.64. The van der Waals surface area contributed by atoms with E-state index in [1.807, 2.05) is 0 Å². The molecule has 5 aromatic rings. The second kappa shape index (κ2) is 8.79. The van der Waals surface area contributed by atoms with E-state index in [-0.39, 0.29) is 28.4 Å². The molecule has 6 rings (SSSR count). The van der Waals surface area contributed by atoms with Gasteiger partial charge in [0.15, 0.2) is 5.58 Å². The zero-order valence-electron chi connectivity index (χ0n) is 19.5. The zero-order valence-corrected chi connectivity index (χ0v) is 19.5. The van der Waals surface area contributed by atoms with Gasteiger partial charge in [-0.25, -0.2) is 9.88 Å². The molecule has 0 atom stereocenters. The number of nitro benzene ring substituents is 1. The van der Waals surface area contributed by atoms with E-state index in [9.17, 15) is 24.5 Å². The van der Waals surface area contributed by atoms with Crippen molar-refractivity contribution in [2.45, 2.75) is 0 Å². The molecule has 0 aliphatic carbocycles. The maximum Gasteiger partial charge on any atom is 0.273 e. The van der Waals surface area contributed by atoms with Crippen molar-refractivity contribution in [3.63, 3.8) is 0 Å². The van der Waals surface area contributed by atoms with Crippen LogP contribution in [0.4, 0.5) is 17.1 Å². The lowest BCUT2D eigenvalue weighted by molar-refractivity contribution is -0.384. The van der Waals surface area contributed by atoms with E-state index in [0.29, 0.717) is 27.9 Å². The van der Waals surface area contributed by atoms with Crippen molar-refractivity contribution >= 4 is 45.9 Å². The molecule has 184 valence electrons. The molecule has 0 saturated carbocycles. The Kier molecular flexibility index (Phi) is 5.27. The lowest BCUT2D eigenvalue weighted by Gasteiger charge is -2.15. The van der Waals surface area contributed by atoms with Gasteiger partial charge in [0.05, 0.1) is 39.1 Å². The van der Waals surface area contributed by atoms with Gasteiger partial charge in [0.2, 0.25) is 5.89 Å². The standard InChI is InChI=1S/C28H16N4O6/c33-25(16-6-5-7-17(14-16)31-27(34)19-8-1-2-9-20(19)28(31)35)29-22-11-4-3-10-21(22)26-30-23-13-12-18(32(36)37)15-24(23)38-26/h1-15H,(H,29,33). The van der Waals surface area contributed by atoms with Crippen LogP contribution in [0.3, 0.4) is 0 Å². The number of rotatable bonds is 5. The first-order chi connectivity index (χ1) is 18.4. The minimum absolute atomic E-state index is 0.125. The number of oxazole rings is 1. The fourth-order valence-corrected chi connectivity index (χ4v) is 4.33. The van der Waals surface area contributed by atoms with E-state index >= 15 is 0 Å². The molecule has 4 aromatic carbocycles. The van der Waals surface area contributed by atoms with Crippen LogP contribution in [0.2, 0.25) is 0 Å². The summed E-state index contributed by atoms with van der Waals surface area (Å²) < 4.78 is 5.77. The van der Waals surface area contributed by atoms with Gasteiger partial charge >= 0.3 is 0 Å². The molecule has 0 fully saturated rings. The molecule has 3 amide bonds. The summed E-state index contributed by atoms with van der Waals surface area (Å²) in [6.07, 6.45) is 0. The summed E-state index contributed by atoms with van der Waals surface area (Å²) in [6, 6.07) is 23.7. The summed E-state index contributed by atoms with van der Waals surface area (Å²) >= 11 is 0. The van der Waals surface area contributed by atoms with Crippen molar-refractivity contribution in [1.82, 2.24) is 4.98 Å². The molecular weight excluding hydrogens is 488 g/mol. The predicted molar refractivity (Wildman–Crippen MR) is 138 cm³/mol. The zero-order chi connectivity index (χ0) is 26.4. The first-order valence-corrected chi connectivity index (χ1v) is 11.4. The van der Waals surface area contributed by atoms with E-state index in [1.165, 1.54) is 24.3 Å². The number of nitro groups is 1. The minimum atomic E-state index is -0.522. The normalized spacial score (nSPS) is 12.6. The van der Waals surface area contributed by atoms with E-state index < -0.39 is 22.6 Å². The third kappa shape index (κ3) is 3.77. The lowest BCUT2D eigenvalue weighted by atomic mass is 10.1. The fraction of sp³-hybridized carbons (Fsp3) is 0. The molecule has 10 nitrogen and oxygen atoms in total. The van der Waals surface area contributed by atoms with Gasteiger partial charge in [-0.3, -0.25) is 24.5 Å². The molecule has 2 heterocycles. The average Bonchev–Trinajstić information content (AvgIpc) is 3.47. The van der Waals surface area contributed by atoms with Crippen LogP contribution in [0.15, 0.2) is 95.4 Å². The van der Waals surface area contributed by atoms with Crippen molar-refractivity contribution in [2.24, 2.45) is 0 Å². The van der Waals surface area contributed by atoms with Crippen LogP contribution in [0.1, 0.15) is 31.1 Å². The molecule has 0 radical (unpaired) electrons. The molecule has 10 heteroatoms. The topological polar surface area (TPSA) is 136 Å². The Morgan fingerprint density at radius 3 is 2.24 bits per heavy atom. The highest BCUT2D eigenvalue weighted by Crippen LogP contribution is 2.33. The van der Waals surface area contributed by atoms with Crippen molar-refractivity contribution in [3.8, 4) is 11.5 Å². The number of hydrogen-bond donors (Lipinski definition) is 1. The van der Waals surface area contributed by atoms with Crippen molar-refractivity contribution in [2.75, 3.05) is 10.2 Å². The number of nitrogens with zero attached hydrogens (tertiary/aromatic N) is 3. The lowest BCUT2D eigenvalue weighted by Crippen LogP contribution is -2.29. The third-order valence-electron chi connectivity index (χ3n) is 6.15. The van der Waals surface area contributed by atoms with Crippen LogP contribution in [0.25, 0.3) is 22.6 Å². The van der Waals surface area contributed by atoms with E-state index in [2.05, 4.69) is 10.3 Å². The minimum Gasteiger partial charge on any atom is -0.436 e. The SMILES string of the molecule is O=C(Nc1ccccc1-c1nc2ccc([N+](=O)[O-])cc2o1)c1cccc(N2C(=O)c3ccccc3C2=O)c1. The van der Waals surface area contributed by atoms with Crippen LogP contribution < -0.4 is 10.2 Å². The molecule has 1 aliphatic heterocycles. The van der Waals surface area contributed by atoms with Crippen LogP contribution in [0.5, 0.6) is 0 Å². The summed E-state index contributed by atoms with van der Waals surface area (Å²) in [5.41, 5.74) is 2.53. The van der Waals surface area contributed by atoms with Gasteiger partial charge in [-0.15, -0.1) is 0 Å². The second-order valence-electron chi connectivity index (χ2n) is 8.47. The monoisotopic (exact) mass is 504 g/mol. The fourth-order valence-electron chi connectivity index (χ4n) is 4.33. The van der Waals surface area contributed by atoms with Crippen LogP contribution >= 0.6 is 0 Å². The van der Waals surface area contributed by atoms with Crippen molar-refractivity contribution in [3.05, 3.63) is 118 Å². The molecule has 1 aromatic heterocycles. The highest BCUT2D eigenvalue weighted by atomic mass is 16.6. The van der Waals surface area contributed by atoms with Gasteiger partial charge in [0.25, 0.3) is 23.4 Å². The number of benzene rings is 4. The maximum absolute atomic E-state index is 13.2. The van der Waals surface area contributed by atoms with E-state index in [0.717, 1.165) is 4.90 Å². The van der Waals surface area contributed by atoms with Crippen LogP contribution in [0, 0.1) is 10.1 Å². The molecular formula is C28H16N4O6. The number of carbonyl (C=O) groups is 3. The first kappa shape index (κ1) is 22.8. The predicted octanol–water partition coefficient (Wildman–Crippen LogP) is 5.46. The number of hydrogen-bond acceptors (Lipinski definition) is 7. The van der Waals surface area contributed by atoms with Crippen molar-refractivity contribution in [1.29, 1.82) is 0 Å². The molecule has 38 heavy (non-hydrogen) atoms. The summed E-state index contributed by atoms with van der Waals surface area (Å²) in [6.45, 7) is 0. The largest absolute Gasteiger partial charge is 0.436 e. The smallest absolute Gasteiger partial charge is 0.273 e. The Labute approximate surface area is 214 Å². The van der Waals surface area contributed by atoms with Gasteiger partial charge in [-0.1, -0.05) is 30.3 Å².